The number of benzene rings is 10. The molecule has 0 N–H and O–H groups in total. The number of para-hydroxylation sites is 6. The largest absolute Gasteiger partial charge is 0.456 e. The molecule has 0 aliphatic heterocycles. The summed E-state index contributed by atoms with van der Waals surface area (Å²) in [5.74, 6) is 1.60. The molecule has 0 spiro atoms. The molecule has 14 aromatic rings. The van der Waals surface area contributed by atoms with Gasteiger partial charge in [0.2, 0.25) is 5.95 Å². The summed E-state index contributed by atoms with van der Waals surface area (Å²) in [6, 6.07) is 81.7. The first-order valence-electron chi connectivity index (χ1n) is 24.9. The highest BCUT2D eigenvalue weighted by Crippen LogP contribution is 2.55. The molecule has 10 aromatic carbocycles. The molecule has 7 nitrogen and oxygen atoms in total. The predicted octanol–water partition coefficient (Wildman–Crippen LogP) is 17.1. The van der Waals surface area contributed by atoms with Gasteiger partial charge in [0.15, 0.2) is 11.6 Å². The molecule has 0 radical (unpaired) electrons. The fourth-order valence-electron chi connectivity index (χ4n) is 12.0. The van der Waals surface area contributed by atoms with Gasteiger partial charge < -0.3 is 13.6 Å². The topological polar surface area (TPSA) is 64.9 Å². The monoisotopic (exact) mass is 936 g/mol. The van der Waals surface area contributed by atoms with Crippen LogP contribution in [0.5, 0.6) is 0 Å². The third-order valence-electron chi connectivity index (χ3n) is 15.1. The Bertz CT molecular complexity index is 4540. The second-order valence-corrected chi connectivity index (χ2v) is 19.5. The SMILES string of the molecule is CC1(C)c2ccccc2-c2cccc(N(c3nc(-c4ccc5c(c4)c4ccccc4n5-c4ccccc4)nc(-c4cccc5c6ccccc6n(-c6ccccc6)c45)n3)c3cccc4oc5ccccc5c34)c21. The van der Waals surface area contributed by atoms with Crippen LogP contribution >= 0.6 is 0 Å². The quantitative estimate of drug-likeness (QED) is 0.159. The Morgan fingerprint density at radius 2 is 0.973 bits per heavy atom. The van der Waals surface area contributed by atoms with Crippen LogP contribution < -0.4 is 4.90 Å². The summed E-state index contributed by atoms with van der Waals surface area (Å²) in [5.41, 5.74) is 16.3. The first-order chi connectivity index (χ1) is 36.0. The zero-order valence-electron chi connectivity index (χ0n) is 40.0. The number of hydrogen-bond acceptors (Lipinski definition) is 5. The van der Waals surface area contributed by atoms with Crippen LogP contribution in [0.2, 0.25) is 0 Å². The summed E-state index contributed by atoms with van der Waals surface area (Å²) < 4.78 is 11.3. The Morgan fingerprint density at radius 3 is 1.78 bits per heavy atom. The maximum Gasteiger partial charge on any atom is 0.238 e. The fraction of sp³-hybridized carbons (Fsp3) is 0.0455. The summed E-state index contributed by atoms with van der Waals surface area (Å²) in [5, 5.41) is 6.52. The molecule has 1 aliphatic carbocycles. The molecular formula is C66H44N6O. The summed E-state index contributed by atoms with van der Waals surface area (Å²) in [6.45, 7) is 4.67. The Labute approximate surface area is 420 Å². The van der Waals surface area contributed by atoms with Crippen LogP contribution in [0.15, 0.2) is 235 Å². The maximum atomic E-state index is 6.64. The van der Waals surface area contributed by atoms with E-state index in [-0.39, 0.29) is 5.41 Å². The summed E-state index contributed by atoms with van der Waals surface area (Å²) in [6.07, 6.45) is 0. The third kappa shape index (κ3) is 6.09. The molecule has 4 aromatic heterocycles. The van der Waals surface area contributed by atoms with Gasteiger partial charge in [0.25, 0.3) is 0 Å². The molecule has 0 saturated heterocycles. The smallest absolute Gasteiger partial charge is 0.238 e. The summed E-state index contributed by atoms with van der Waals surface area (Å²) in [4.78, 5) is 19.3. The van der Waals surface area contributed by atoms with E-state index in [4.69, 9.17) is 19.4 Å². The molecule has 0 fully saturated rings. The number of nitrogens with zero attached hydrogens (tertiary/aromatic N) is 6. The van der Waals surface area contributed by atoms with Gasteiger partial charge >= 0.3 is 0 Å². The highest BCUT2D eigenvalue weighted by molar-refractivity contribution is 6.15. The van der Waals surface area contributed by atoms with E-state index in [0.717, 1.165) is 99.4 Å². The van der Waals surface area contributed by atoms with Crippen LogP contribution in [0.25, 0.3) is 111 Å². The number of hydrogen-bond donors (Lipinski definition) is 0. The van der Waals surface area contributed by atoms with Crippen molar-refractivity contribution in [1.29, 1.82) is 0 Å². The Balaban J connectivity index is 1.07. The maximum absolute atomic E-state index is 6.64. The number of rotatable bonds is 7. The lowest BCUT2D eigenvalue weighted by Gasteiger charge is -2.31. The first-order valence-corrected chi connectivity index (χ1v) is 24.9. The van der Waals surface area contributed by atoms with Crippen LogP contribution in [0.4, 0.5) is 17.3 Å². The lowest BCUT2D eigenvalue weighted by Crippen LogP contribution is -2.22. The van der Waals surface area contributed by atoms with Crippen molar-refractivity contribution >= 4 is 82.9 Å². The molecule has 0 saturated carbocycles. The highest BCUT2D eigenvalue weighted by atomic mass is 16.3. The molecule has 4 heterocycles. The van der Waals surface area contributed by atoms with Crippen LogP contribution in [0.3, 0.4) is 0 Å². The van der Waals surface area contributed by atoms with Crippen LogP contribution in [-0.4, -0.2) is 24.1 Å². The summed E-state index contributed by atoms with van der Waals surface area (Å²) >= 11 is 0. The molecule has 0 atom stereocenters. The van der Waals surface area contributed by atoms with Crippen molar-refractivity contribution in [1.82, 2.24) is 24.1 Å². The van der Waals surface area contributed by atoms with Crippen molar-refractivity contribution in [3.63, 3.8) is 0 Å². The number of fused-ring (bicyclic) bond motifs is 12. The standard InChI is InChI=1S/C66H44N6O/c1-66(2)52-31-13-9-24-44(52)47-28-18-35-57(61(47)66)72(56-34-19-37-59-60(56)49-27-12-16-36-58(49)73-59)65-68-63(41-38-39-55-51(40-41)46-26-11-14-32-53(46)70(55)42-20-5-3-6-21-42)67-64(69-65)50-30-17-29-48-45-25-10-15-33-54(45)71(62(48)50)43-22-7-4-8-23-43/h3-40H,1-2H3. The average Bonchev–Trinajstić information content (AvgIpc) is 4.19. The third-order valence-corrected chi connectivity index (χ3v) is 15.1. The van der Waals surface area contributed by atoms with Crippen molar-refractivity contribution < 1.29 is 4.42 Å². The summed E-state index contributed by atoms with van der Waals surface area (Å²) in [7, 11) is 0. The van der Waals surface area contributed by atoms with E-state index in [1.165, 1.54) is 22.3 Å². The Kier molecular flexibility index (Phi) is 8.87. The van der Waals surface area contributed by atoms with Crippen LogP contribution in [0, 0.1) is 0 Å². The van der Waals surface area contributed by atoms with E-state index in [1.807, 2.05) is 12.1 Å². The minimum atomic E-state index is -0.369. The minimum Gasteiger partial charge on any atom is -0.456 e. The van der Waals surface area contributed by atoms with E-state index in [0.29, 0.717) is 17.6 Å². The lowest BCUT2D eigenvalue weighted by molar-refractivity contribution is 0.660. The first kappa shape index (κ1) is 41.2. The molecular weight excluding hydrogens is 893 g/mol. The Hall–Kier alpha value is -9.59. The highest BCUT2D eigenvalue weighted by Gasteiger charge is 2.40. The molecule has 344 valence electrons. The number of anilines is 3. The lowest BCUT2D eigenvalue weighted by atomic mass is 9.81. The van der Waals surface area contributed by atoms with Gasteiger partial charge in [0.05, 0.1) is 38.8 Å². The van der Waals surface area contributed by atoms with E-state index >= 15 is 0 Å². The van der Waals surface area contributed by atoms with Crippen molar-refractivity contribution in [3.8, 4) is 45.3 Å². The van der Waals surface area contributed by atoms with Gasteiger partial charge in [-0.1, -0.05) is 159 Å². The van der Waals surface area contributed by atoms with Gasteiger partial charge in [-0.2, -0.15) is 9.97 Å². The van der Waals surface area contributed by atoms with Crippen LogP contribution in [0.1, 0.15) is 25.0 Å². The number of aromatic nitrogens is 5. The minimum absolute atomic E-state index is 0.369. The van der Waals surface area contributed by atoms with E-state index < -0.39 is 0 Å². The molecule has 0 amide bonds. The van der Waals surface area contributed by atoms with Gasteiger partial charge in [0.1, 0.15) is 11.2 Å². The molecule has 73 heavy (non-hydrogen) atoms. The van der Waals surface area contributed by atoms with Crippen molar-refractivity contribution in [2.45, 2.75) is 19.3 Å². The van der Waals surface area contributed by atoms with Gasteiger partial charge in [0, 0.05) is 54.8 Å². The van der Waals surface area contributed by atoms with Crippen molar-refractivity contribution in [2.24, 2.45) is 0 Å². The second kappa shape index (κ2) is 15.7. The van der Waals surface area contributed by atoms with Crippen molar-refractivity contribution in [2.75, 3.05) is 4.90 Å². The number of furan rings is 1. The van der Waals surface area contributed by atoms with Gasteiger partial charge in [-0.05, 0) is 107 Å². The van der Waals surface area contributed by atoms with Crippen LogP contribution in [-0.2, 0) is 5.41 Å². The van der Waals surface area contributed by atoms with Gasteiger partial charge in [-0.15, -0.1) is 0 Å². The molecule has 0 unspecified atom stereocenters. The zero-order valence-corrected chi connectivity index (χ0v) is 40.0. The molecule has 7 heteroatoms. The van der Waals surface area contributed by atoms with E-state index in [9.17, 15) is 0 Å². The predicted molar refractivity (Wildman–Crippen MR) is 299 cm³/mol. The van der Waals surface area contributed by atoms with Crippen molar-refractivity contribution in [3.05, 3.63) is 242 Å². The van der Waals surface area contributed by atoms with Gasteiger partial charge in [-0.3, -0.25) is 4.90 Å². The molecule has 15 rings (SSSR count). The fourth-order valence-corrected chi connectivity index (χ4v) is 12.0. The van der Waals surface area contributed by atoms with E-state index in [2.05, 4.69) is 246 Å². The second-order valence-electron chi connectivity index (χ2n) is 19.5. The molecule has 1 aliphatic rings. The Morgan fingerprint density at radius 1 is 0.411 bits per heavy atom. The van der Waals surface area contributed by atoms with E-state index in [1.54, 1.807) is 0 Å². The van der Waals surface area contributed by atoms with Gasteiger partial charge in [-0.25, -0.2) is 4.98 Å². The normalized spacial score (nSPS) is 12.9. The average molecular weight is 937 g/mol. The molecule has 0 bridgehead atoms. The zero-order chi connectivity index (χ0) is 48.4.